The number of rotatable bonds is 11. The molecule has 5 atom stereocenters. The Balaban J connectivity index is 0.00000206. The lowest BCUT2D eigenvalue weighted by molar-refractivity contribution is -0.118. The second-order valence-electron chi connectivity index (χ2n) is 9.82. The largest absolute Gasteiger partial charge is 0.460 e. The topological polar surface area (TPSA) is 142 Å². The predicted molar refractivity (Wildman–Crippen MR) is 162 cm³/mol. The molecule has 0 aromatic heterocycles. The zero-order valence-corrected chi connectivity index (χ0v) is 26.8. The molecule has 0 aromatic carbocycles. The van der Waals surface area contributed by atoms with E-state index in [1.165, 1.54) is 19.4 Å². The summed E-state index contributed by atoms with van der Waals surface area (Å²) in [5.41, 5.74) is 2.88. The molecule has 0 saturated carbocycles. The molecule has 0 aromatic rings. The van der Waals surface area contributed by atoms with Gasteiger partial charge in [0.2, 0.25) is 1.43 Å². The van der Waals surface area contributed by atoms with Gasteiger partial charge in [0.25, 0.3) is 19.6 Å². The van der Waals surface area contributed by atoms with Crippen molar-refractivity contribution in [2.24, 2.45) is 0 Å². The number of hydrogen-bond donors (Lipinski definition) is 3. The van der Waals surface area contributed by atoms with Crippen LogP contribution in [0.5, 0.6) is 0 Å². The Hall–Kier alpha value is -1.68. The number of amides is 1. The fourth-order valence-electron chi connectivity index (χ4n) is 4.35. The minimum absolute atomic E-state index is 0.0279. The molecular formula is C25H44N5O8PS2. The summed E-state index contributed by atoms with van der Waals surface area (Å²) in [7, 11) is -3.56. The molecule has 0 radical (unpaired) electrons. The van der Waals surface area contributed by atoms with Gasteiger partial charge in [-0.15, -0.1) is 6.58 Å². The highest BCUT2D eigenvalue weighted by Crippen LogP contribution is 2.49. The third-order valence-electron chi connectivity index (χ3n) is 6.19. The maximum Gasteiger partial charge on any atom is 0.277 e. The van der Waals surface area contributed by atoms with Crippen molar-refractivity contribution >= 4 is 41.7 Å². The minimum Gasteiger partial charge on any atom is -0.460 e. The van der Waals surface area contributed by atoms with E-state index < -0.39 is 42.9 Å². The SMILES string of the molecule is [2H]C[C@H]1OC(N2C=CC(=O)NC2=C)[C@@H](OC(=S)N2CCS(=O)(=O)CC2)[C@H]1OP(ONCC=C)N(C(C)C)C(C)C.[3H]OC. The maximum atomic E-state index is 12.0. The average molecular weight is 641 g/mol. The molecule has 3 rings (SSSR count). The minimum atomic E-state index is -3.13. The molecule has 1 amide bonds. The van der Waals surface area contributed by atoms with E-state index in [9.17, 15) is 13.2 Å². The molecule has 234 valence electrons. The van der Waals surface area contributed by atoms with E-state index in [-0.39, 0.29) is 60.5 Å². The molecule has 3 heterocycles. The normalized spacial score (nSPS) is 27.2. The molecule has 2 fully saturated rings. The predicted octanol–water partition coefficient (Wildman–Crippen LogP) is 1.60. The van der Waals surface area contributed by atoms with Gasteiger partial charge in [-0.2, -0.15) is 5.48 Å². The van der Waals surface area contributed by atoms with Crippen molar-refractivity contribution in [2.75, 3.05) is 38.2 Å². The van der Waals surface area contributed by atoms with Crippen LogP contribution in [0.1, 0.15) is 36.0 Å². The van der Waals surface area contributed by atoms with Gasteiger partial charge in [0.1, 0.15) is 11.9 Å². The van der Waals surface area contributed by atoms with Gasteiger partial charge in [0.05, 0.1) is 17.6 Å². The van der Waals surface area contributed by atoms with Gasteiger partial charge in [-0.3, -0.25) is 4.79 Å². The molecular weight excluding hydrogens is 593 g/mol. The van der Waals surface area contributed by atoms with Gasteiger partial charge in [-0.25, -0.2) is 17.7 Å². The Morgan fingerprint density at radius 2 is 2.05 bits per heavy atom. The highest BCUT2D eigenvalue weighted by molar-refractivity contribution is 7.91. The van der Waals surface area contributed by atoms with Crippen LogP contribution in [-0.2, 0) is 33.3 Å². The maximum absolute atomic E-state index is 12.0. The van der Waals surface area contributed by atoms with E-state index in [2.05, 4.69) is 33.7 Å². The number of carbonyl (C=O) groups is 1. The number of sulfone groups is 1. The number of ether oxygens (including phenoxy) is 2. The molecule has 0 bridgehead atoms. The van der Waals surface area contributed by atoms with Crippen molar-refractivity contribution in [3.8, 4) is 0 Å². The number of thiocarbonyl (C=S) groups is 1. The smallest absolute Gasteiger partial charge is 0.277 e. The van der Waals surface area contributed by atoms with Crippen LogP contribution in [0.15, 0.2) is 37.3 Å². The summed E-state index contributed by atoms with van der Waals surface area (Å²) in [5, 5.41) is 6.25. The van der Waals surface area contributed by atoms with Gasteiger partial charge in [0.15, 0.2) is 22.2 Å². The summed E-state index contributed by atoms with van der Waals surface area (Å²) in [5.74, 6) is -0.122. The number of hydroxylamine groups is 1. The third kappa shape index (κ3) is 9.66. The number of nitrogens with one attached hydrogen (secondary N) is 2. The summed E-state index contributed by atoms with van der Waals surface area (Å²) in [6.45, 7) is 16.4. The van der Waals surface area contributed by atoms with Gasteiger partial charge in [-0.1, -0.05) is 12.7 Å². The van der Waals surface area contributed by atoms with Crippen LogP contribution in [0.3, 0.4) is 0 Å². The third-order valence-corrected chi connectivity index (χ3v) is 10.2. The lowest BCUT2D eigenvalue weighted by Crippen LogP contribution is -2.51. The van der Waals surface area contributed by atoms with Gasteiger partial charge in [0, 0.05) is 52.5 Å². The molecule has 16 heteroatoms. The molecule has 2 unspecified atom stereocenters. The average Bonchev–Trinajstić information content (AvgIpc) is 3.25. The second-order valence-corrected chi connectivity index (χ2v) is 13.8. The number of carbonyl (C=O) groups excluding carboxylic acids is 1. The molecule has 41 heavy (non-hydrogen) atoms. The fraction of sp³-hybridized carbons (Fsp3) is 0.680. The summed E-state index contributed by atoms with van der Waals surface area (Å²) in [6.07, 6.45) is 1.23. The Morgan fingerprint density at radius 1 is 1.41 bits per heavy atom. The van der Waals surface area contributed by atoms with Crippen LogP contribution in [-0.4, -0.2) is 115 Å². The Labute approximate surface area is 253 Å². The van der Waals surface area contributed by atoms with Crippen molar-refractivity contribution in [2.45, 2.75) is 71.2 Å². The highest BCUT2D eigenvalue weighted by Gasteiger charge is 2.51. The van der Waals surface area contributed by atoms with Gasteiger partial charge < -0.3 is 34.2 Å². The quantitative estimate of drug-likeness (QED) is 0.0991. The molecule has 3 aliphatic heterocycles. The van der Waals surface area contributed by atoms with E-state index in [1.807, 2.05) is 27.7 Å². The molecule has 0 aliphatic carbocycles. The van der Waals surface area contributed by atoms with Crippen LogP contribution < -0.4 is 10.8 Å². The van der Waals surface area contributed by atoms with Gasteiger partial charge in [-0.05, 0) is 46.8 Å². The zero-order valence-electron chi connectivity index (χ0n) is 26.2. The first-order valence-electron chi connectivity index (χ1n) is 14.2. The number of hydrogen-bond acceptors (Lipinski definition) is 12. The number of aliphatic hydroxyl groups is 1. The highest BCUT2D eigenvalue weighted by atomic mass is 32.2. The van der Waals surface area contributed by atoms with Crippen LogP contribution in [0.25, 0.3) is 0 Å². The fourth-order valence-corrected chi connectivity index (χ4v) is 7.49. The van der Waals surface area contributed by atoms with Crippen molar-refractivity contribution in [1.82, 2.24) is 25.3 Å². The van der Waals surface area contributed by atoms with Gasteiger partial charge >= 0.3 is 0 Å². The summed E-state index contributed by atoms with van der Waals surface area (Å²) >= 11 is 5.61. The first-order valence-corrected chi connectivity index (χ1v) is 16.5. The number of nitrogens with zero attached hydrogens (tertiary/aromatic N) is 3. The molecule has 13 nitrogen and oxygen atoms in total. The van der Waals surface area contributed by atoms with E-state index in [1.54, 1.807) is 15.9 Å². The Kier molecular flexibility index (Phi) is 12.8. The van der Waals surface area contributed by atoms with Crippen molar-refractivity contribution in [1.29, 1.82) is 1.43 Å². The monoisotopic (exact) mass is 640 g/mol. The Bertz CT molecular complexity index is 1080. The van der Waals surface area contributed by atoms with E-state index >= 15 is 0 Å². The first kappa shape index (κ1) is 32.2. The molecule has 3 aliphatic rings. The lowest BCUT2D eigenvalue weighted by atomic mass is 10.1. The summed E-state index contributed by atoms with van der Waals surface area (Å²) < 4.78 is 65.2. The van der Waals surface area contributed by atoms with E-state index in [4.69, 9.17) is 33.6 Å². The summed E-state index contributed by atoms with van der Waals surface area (Å²) in [4.78, 5) is 15.2. The molecule has 0 spiro atoms. The molecule has 3 N–H and O–H groups in total. The lowest BCUT2D eigenvalue weighted by Gasteiger charge is -2.39. The second kappa shape index (κ2) is 16.2. The van der Waals surface area contributed by atoms with Crippen molar-refractivity contribution < 1.29 is 38.3 Å². The van der Waals surface area contributed by atoms with Crippen LogP contribution >= 0.6 is 20.7 Å². The van der Waals surface area contributed by atoms with E-state index in [0.717, 1.165) is 0 Å². The van der Waals surface area contributed by atoms with E-state index in [0.29, 0.717) is 6.54 Å². The zero-order chi connectivity index (χ0) is 32.3. The molecule has 2 saturated heterocycles. The van der Waals surface area contributed by atoms with Crippen molar-refractivity contribution in [3.63, 3.8) is 0 Å². The summed E-state index contributed by atoms with van der Waals surface area (Å²) in [6, 6.07) is 0.111. The van der Waals surface area contributed by atoms with Crippen molar-refractivity contribution in [3.05, 3.63) is 37.3 Å². The van der Waals surface area contributed by atoms with Crippen LogP contribution in [0.4, 0.5) is 0 Å². The number of aliphatic hydroxyl groups excluding tert-OH is 1. The Morgan fingerprint density at radius 3 is 2.59 bits per heavy atom. The standard InChI is InChI=1S/C24H40N5O7PS2.CH4O/c1-8-10-25-36-37(29(16(2)3)17(4)5)35-21-18(6)33-23(28-11-9-20(30)26-19(28)7)22(21)34-24(38)27-12-14-39(31,32)15-13-27;1-2/h8-9,11,16-18,21-23,25H,1,7,10,12-15H2,2-6H3,(H,26,30);2H,1H3/t18-,21+,22+,23?,37?;/m1./s1/i6D;2T. The van der Waals surface area contributed by atoms with Crippen LogP contribution in [0, 0.1) is 0 Å². The van der Waals surface area contributed by atoms with Crippen LogP contribution in [0.2, 0.25) is 0 Å². The first-order chi connectivity index (χ1) is 20.3.